The van der Waals surface area contributed by atoms with Crippen molar-refractivity contribution in [2.24, 2.45) is 5.73 Å². The Labute approximate surface area is 114 Å². The van der Waals surface area contributed by atoms with Gasteiger partial charge in [-0.1, -0.05) is 12.1 Å². The van der Waals surface area contributed by atoms with Gasteiger partial charge in [-0.25, -0.2) is 8.42 Å². The molecule has 0 saturated carbocycles. The molecule has 2 atom stereocenters. The fraction of sp³-hybridized carbons (Fsp3) is 0.500. The Bertz CT molecular complexity index is 586. The van der Waals surface area contributed by atoms with Crippen LogP contribution in [0.4, 0.5) is 13.2 Å². The number of halogens is 3. The van der Waals surface area contributed by atoms with Crippen LogP contribution in [0, 0.1) is 0 Å². The van der Waals surface area contributed by atoms with Gasteiger partial charge in [-0.3, -0.25) is 0 Å². The molecule has 1 saturated heterocycles. The third-order valence-corrected chi connectivity index (χ3v) is 5.50. The Morgan fingerprint density at radius 2 is 1.90 bits per heavy atom. The molecule has 2 unspecified atom stereocenters. The normalized spacial score (nSPS) is 24.6. The molecule has 1 aliphatic rings. The van der Waals surface area contributed by atoms with Crippen LogP contribution in [0.25, 0.3) is 0 Å². The van der Waals surface area contributed by atoms with Crippen molar-refractivity contribution in [3.8, 4) is 0 Å². The number of benzene rings is 1. The summed E-state index contributed by atoms with van der Waals surface area (Å²) >= 11 is 0. The second-order valence-electron chi connectivity index (χ2n) is 4.60. The molecule has 0 aliphatic carbocycles. The van der Waals surface area contributed by atoms with Crippen LogP contribution in [-0.4, -0.2) is 32.9 Å². The van der Waals surface area contributed by atoms with E-state index in [1.807, 2.05) is 0 Å². The Morgan fingerprint density at radius 1 is 1.25 bits per heavy atom. The second-order valence-corrected chi connectivity index (χ2v) is 6.74. The number of ether oxygens (including phenoxy) is 1. The third kappa shape index (κ3) is 2.82. The maximum absolute atomic E-state index is 12.9. The average Bonchev–Trinajstić information content (AvgIpc) is 2.38. The lowest BCUT2D eigenvalue weighted by atomic mass is 10.1. The highest BCUT2D eigenvalue weighted by Gasteiger charge is 2.42. The molecule has 1 aromatic carbocycles. The number of alkyl halides is 3. The first kappa shape index (κ1) is 15.3. The largest absolute Gasteiger partial charge is 0.417 e. The fourth-order valence-electron chi connectivity index (χ4n) is 2.16. The molecule has 0 amide bonds. The van der Waals surface area contributed by atoms with E-state index in [1.165, 1.54) is 6.07 Å². The van der Waals surface area contributed by atoms with Crippen molar-refractivity contribution in [3.05, 3.63) is 29.8 Å². The van der Waals surface area contributed by atoms with E-state index in [4.69, 9.17) is 10.5 Å². The van der Waals surface area contributed by atoms with Crippen molar-refractivity contribution in [1.29, 1.82) is 0 Å². The van der Waals surface area contributed by atoms with Crippen LogP contribution < -0.4 is 5.73 Å². The Kier molecular flexibility index (Phi) is 4.08. The predicted molar refractivity (Wildman–Crippen MR) is 65.8 cm³/mol. The summed E-state index contributed by atoms with van der Waals surface area (Å²) in [6.07, 6.45) is -4.43. The molecule has 0 radical (unpaired) electrons. The van der Waals surface area contributed by atoms with E-state index in [1.54, 1.807) is 0 Å². The molecule has 112 valence electrons. The van der Waals surface area contributed by atoms with Gasteiger partial charge in [0, 0.05) is 12.6 Å². The van der Waals surface area contributed by atoms with E-state index >= 15 is 0 Å². The summed E-state index contributed by atoms with van der Waals surface area (Å²) in [5.41, 5.74) is 4.55. The highest BCUT2D eigenvalue weighted by atomic mass is 32.2. The standard InChI is InChI=1S/C12H14F3NO3S/c13-12(14,15)8-3-1-2-4-10(8)20(17,18)11-7-19-6-5-9(11)16/h1-4,9,11H,5-7,16H2. The molecule has 1 aliphatic heterocycles. The zero-order valence-electron chi connectivity index (χ0n) is 10.4. The molecule has 2 N–H and O–H groups in total. The summed E-state index contributed by atoms with van der Waals surface area (Å²) < 4.78 is 68.6. The molecule has 1 fully saturated rings. The lowest BCUT2D eigenvalue weighted by molar-refractivity contribution is -0.139. The van der Waals surface area contributed by atoms with Crippen LogP contribution in [-0.2, 0) is 20.8 Å². The van der Waals surface area contributed by atoms with E-state index in [9.17, 15) is 21.6 Å². The lowest BCUT2D eigenvalue weighted by Gasteiger charge is -2.29. The summed E-state index contributed by atoms with van der Waals surface area (Å²) in [7, 11) is -4.20. The first-order chi connectivity index (χ1) is 9.24. The third-order valence-electron chi connectivity index (χ3n) is 3.25. The molecule has 1 aromatic rings. The van der Waals surface area contributed by atoms with Gasteiger partial charge in [0.2, 0.25) is 0 Å². The van der Waals surface area contributed by atoms with Crippen molar-refractivity contribution < 1.29 is 26.3 Å². The molecule has 1 heterocycles. The van der Waals surface area contributed by atoms with Crippen LogP contribution in [0.2, 0.25) is 0 Å². The highest BCUT2D eigenvalue weighted by Crippen LogP contribution is 2.36. The molecular weight excluding hydrogens is 295 g/mol. The molecule has 0 bridgehead atoms. The van der Waals surface area contributed by atoms with Gasteiger partial charge in [0.1, 0.15) is 5.25 Å². The van der Waals surface area contributed by atoms with E-state index < -0.39 is 37.8 Å². The van der Waals surface area contributed by atoms with E-state index in [0.29, 0.717) is 13.0 Å². The summed E-state index contributed by atoms with van der Waals surface area (Å²) in [6, 6.07) is 3.40. The quantitative estimate of drug-likeness (QED) is 0.901. The van der Waals surface area contributed by atoms with Gasteiger partial charge in [-0.05, 0) is 18.6 Å². The fourth-order valence-corrected chi connectivity index (χ4v) is 4.12. The van der Waals surface area contributed by atoms with Gasteiger partial charge < -0.3 is 10.5 Å². The maximum atomic E-state index is 12.9. The molecule has 4 nitrogen and oxygen atoms in total. The van der Waals surface area contributed by atoms with Crippen molar-refractivity contribution in [1.82, 2.24) is 0 Å². The van der Waals surface area contributed by atoms with Crippen LogP contribution >= 0.6 is 0 Å². The summed E-state index contributed by atoms with van der Waals surface area (Å²) in [5.74, 6) is 0. The minimum absolute atomic E-state index is 0.185. The summed E-state index contributed by atoms with van der Waals surface area (Å²) in [5, 5.41) is -1.15. The van der Waals surface area contributed by atoms with Gasteiger partial charge in [0.05, 0.1) is 17.1 Å². The second kappa shape index (κ2) is 5.34. The van der Waals surface area contributed by atoms with E-state index in [2.05, 4.69) is 0 Å². The zero-order chi connectivity index (χ0) is 15.0. The first-order valence-corrected chi connectivity index (χ1v) is 7.52. The number of nitrogens with two attached hydrogens (primary N) is 1. The SMILES string of the molecule is NC1CCOCC1S(=O)(=O)c1ccccc1C(F)(F)F. The van der Waals surface area contributed by atoms with Crippen molar-refractivity contribution in [2.75, 3.05) is 13.2 Å². The van der Waals surface area contributed by atoms with Crippen LogP contribution in [0.15, 0.2) is 29.2 Å². The van der Waals surface area contributed by atoms with Crippen LogP contribution in [0.1, 0.15) is 12.0 Å². The van der Waals surface area contributed by atoms with E-state index in [0.717, 1.165) is 18.2 Å². The molecule has 8 heteroatoms. The summed E-state index contributed by atoms with van der Waals surface area (Å²) in [4.78, 5) is -0.738. The Hall–Kier alpha value is -1.12. The van der Waals surface area contributed by atoms with Crippen LogP contribution in [0.5, 0.6) is 0 Å². The molecular formula is C12H14F3NO3S. The predicted octanol–water partition coefficient (Wildman–Crippen LogP) is 1.60. The van der Waals surface area contributed by atoms with Gasteiger partial charge >= 0.3 is 6.18 Å². The molecule has 20 heavy (non-hydrogen) atoms. The van der Waals surface area contributed by atoms with Crippen molar-refractivity contribution >= 4 is 9.84 Å². The topological polar surface area (TPSA) is 69.4 Å². The van der Waals surface area contributed by atoms with Gasteiger partial charge in [-0.15, -0.1) is 0 Å². The molecule has 0 spiro atoms. The zero-order valence-corrected chi connectivity index (χ0v) is 11.2. The number of hydrogen-bond donors (Lipinski definition) is 1. The van der Waals surface area contributed by atoms with Gasteiger partial charge in [0.15, 0.2) is 9.84 Å². The van der Waals surface area contributed by atoms with Crippen molar-refractivity contribution in [3.63, 3.8) is 0 Å². The molecule has 2 rings (SSSR count). The number of hydrogen-bond acceptors (Lipinski definition) is 4. The number of sulfone groups is 1. The lowest BCUT2D eigenvalue weighted by Crippen LogP contribution is -2.47. The smallest absolute Gasteiger partial charge is 0.380 e. The monoisotopic (exact) mass is 309 g/mol. The van der Waals surface area contributed by atoms with Gasteiger partial charge in [0.25, 0.3) is 0 Å². The van der Waals surface area contributed by atoms with Gasteiger partial charge in [-0.2, -0.15) is 13.2 Å². The van der Waals surface area contributed by atoms with Crippen molar-refractivity contribution in [2.45, 2.75) is 28.8 Å². The van der Waals surface area contributed by atoms with E-state index in [-0.39, 0.29) is 6.61 Å². The molecule has 0 aromatic heterocycles. The highest BCUT2D eigenvalue weighted by molar-refractivity contribution is 7.92. The maximum Gasteiger partial charge on any atom is 0.417 e. The Balaban J connectivity index is 2.50. The summed E-state index contributed by atoms with van der Waals surface area (Å²) in [6.45, 7) is 0.129. The number of rotatable bonds is 2. The van der Waals surface area contributed by atoms with Crippen LogP contribution in [0.3, 0.4) is 0 Å². The minimum Gasteiger partial charge on any atom is -0.380 e. The Morgan fingerprint density at radius 3 is 2.50 bits per heavy atom. The minimum atomic E-state index is -4.73. The first-order valence-electron chi connectivity index (χ1n) is 5.98. The average molecular weight is 309 g/mol.